The predicted molar refractivity (Wildman–Crippen MR) is 129 cm³/mol. The Hall–Kier alpha value is -3.07. The molecule has 3 aromatic carbocycles. The topological polar surface area (TPSA) is 93.7 Å². The minimum atomic E-state index is -4.06. The highest BCUT2D eigenvalue weighted by Crippen LogP contribution is 2.29. The molecule has 0 fully saturated rings. The lowest BCUT2D eigenvalue weighted by molar-refractivity contribution is -0.117. The fraction of sp³-hybridized carbons (Fsp3) is 0.208. The number of sulfonamides is 1. The number of amides is 1. The molecule has 0 saturated heterocycles. The maximum absolute atomic E-state index is 13.2. The summed E-state index contributed by atoms with van der Waals surface area (Å²) in [6, 6.07) is 17.4. The molecule has 0 spiro atoms. The molecule has 1 amide bonds. The van der Waals surface area contributed by atoms with E-state index in [1.165, 1.54) is 32.4 Å². The van der Waals surface area contributed by atoms with Crippen LogP contribution in [0, 0.1) is 6.92 Å². The van der Waals surface area contributed by atoms with Crippen molar-refractivity contribution in [3.63, 3.8) is 0 Å². The van der Waals surface area contributed by atoms with Gasteiger partial charge in [-0.1, -0.05) is 41.9 Å². The minimum absolute atomic E-state index is 0.0475. The number of methoxy groups -OCH3 is 2. The summed E-state index contributed by atoms with van der Waals surface area (Å²) in [6.45, 7) is 1.81. The third kappa shape index (κ3) is 6.25. The molecule has 3 aromatic rings. The van der Waals surface area contributed by atoms with Crippen molar-refractivity contribution >= 4 is 33.2 Å². The summed E-state index contributed by atoms with van der Waals surface area (Å²) in [7, 11) is -1.18. The molecule has 0 aliphatic carbocycles. The van der Waals surface area contributed by atoms with Gasteiger partial charge in [0.25, 0.3) is 0 Å². The number of carbonyl (C=O) groups is 1. The van der Waals surface area contributed by atoms with Crippen molar-refractivity contribution in [2.45, 2.75) is 24.3 Å². The maximum atomic E-state index is 13.2. The molecule has 9 heteroatoms. The van der Waals surface area contributed by atoms with Crippen LogP contribution >= 0.6 is 11.6 Å². The molecule has 0 saturated carbocycles. The molecule has 2 N–H and O–H groups in total. The van der Waals surface area contributed by atoms with E-state index in [0.717, 1.165) is 11.1 Å². The van der Waals surface area contributed by atoms with E-state index in [1.807, 2.05) is 37.3 Å². The van der Waals surface area contributed by atoms with Crippen LogP contribution in [0.1, 0.15) is 11.1 Å². The Balaban J connectivity index is 1.91. The Labute approximate surface area is 198 Å². The summed E-state index contributed by atoms with van der Waals surface area (Å²) >= 11 is 6.00. The van der Waals surface area contributed by atoms with E-state index in [1.54, 1.807) is 18.2 Å². The molecule has 0 aliphatic rings. The van der Waals surface area contributed by atoms with Gasteiger partial charge < -0.3 is 14.8 Å². The van der Waals surface area contributed by atoms with E-state index in [0.29, 0.717) is 16.5 Å². The van der Waals surface area contributed by atoms with E-state index >= 15 is 0 Å². The van der Waals surface area contributed by atoms with Gasteiger partial charge in [-0.25, -0.2) is 8.42 Å². The van der Waals surface area contributed by atoms with Crippen LogP contribution in [0.3, 0.4) is 0 Å². The van der Waals surface area contributed by atoms with E-state index in [2.05, 4.69) is 10.0 Å². The highest BCUT2D eigenvalue weighted by molar-refractivity contribution is 7.89. The highest BCUT2D eigenvalue weighted by atomic mass is 35.5. The van der Waals surface area contributed by atoms with Crippen molar-refractivity contribution in [2.75, 3.05) is 19.5 Å². The summed E-state index contributed by atoms with van der Waals surface area (Å²) in [5.41, 5.74) is 2.12. The zero-order valence-corrected chi connectivity index (χ0v) is 20.0. The van der Waals surface area contributed by atoms with Crippen LogP contribution in [0.25, 0.3) is 0 Å². The maximum Gasteiger partial charge on any atom is 0.242 e. The molecule has 0 bridgehead atoms. The lowest BCUT2D eigenvalue weighted by Crippen LogP contribution is -2.45. The van der Waals surface area contributed by atoms with Crippen molar-refractivity contribution < 1.29 is 22.7 Å². The summed E-state index contributed by atoms with van der Waals surface area (Å²) in [5.74, 6) is 0.169. The van der Waals surface area contributed by atoms with Crippen LogP contribution < -0.4 is 19.5 Å². The van der Waals surface area contributed by atoms with Gasteiger partial charge in [-0.2, -0.15) is 4.72 Å². The van der Waals surface area contributed by atoms with Gasteiger partial charge in [0, 0.05) is 16.8 Å². The predicted octanol–water partition coefficient (Wildman–Crippen LogP) is 4.19. The lowest BCUT2D eigenvalue weighted by Gasteiger charge is -2.20. The highest BCUT2D eigenvalue weighted by Gasteiger charge is 2.27. The van der Waals surface area contributed by atoms with Crippen molar-refractivity contribution in [1.82, 2.24) is 4.72 Å². The summed E-state index contributed by atoms with van der Waals surface area (Å²) in [5, 5.41) is 3.35. The largest absolute Gasteiger partial charge is 0.493 e. The average molecular weight is 489 g/mol. The number of ether oxygens (including phenoxy) is 2. The third-order valence-corrected chi connectivity index (χ3v) is 6.71. The first kappa shape index (κ1) is 24.6. The molecule has 7 nitrogen and oxygen atoms in total. The Kier molecular flexibility index (Phi) is 7.97. The molecule has 174 valence electrons. The number of aryl methyl sites for hydroxylation is 1. The van der Waals surface area contributed by atoms with Crippen LogP contribution in [-0.2, 0) is 21.2 Å². The molecule has 0 aromatic heterocycles. The van der Waals surface area contributed by atoms with Gasteiger partial charge in [0.1, 0.15) is 6.04 Å². The number of hydrogen-bond acceptors (Lipinski definition) is 5. The number of benzene rings is 3. The Morgan fingerprint density at radius 3 is 2.30 bits per heavy atom. The van der Waals surface area contributed by atoms with Gasteiger partial charge in [-0.15, -0.1) is 0 Å². The molecule has 0 unspecified atom stereocenters. The molecule has 0 heterocycles. The molecule has 0 aliphatic heterocycles. The van der Waals surface area contributed by atoms with Gasteiger partial charge >= 0.3 is 0 Å². The average Bonchev–Trinajstić information content (AvgIpc) is 2.80. The van der Waals surface area contributed by atoms with Crippen LogP contribution in [0.2, 0.25) is 5.02 Å². The van der Waals surface area contributed by atoms with Crippen molar-refractivity contribution in [2.24, 2.45) is 0 Å². The van der Waals surface area contributed by atoms with E-state index in [-0.39, 0.29) is 17.1 Å². The molecule has 3 rings (SSSR count). The molecule has 1 atom stereocenters. The first-order valence-electron chi connectivity index (χ1n) is 10.1. The molecular weight excluding hydrogens is 464 g/mol. The van der Waals surface area contributed by atoms with E-state index < -0.39 is 22.0 Å². The Morgan fingerprint density at radius 1 is 0.970 bits per heavy atom. The molecular formula is C24H25ClN2O5S. The van der Waals surface area contributed by atoms with Crippen molar-refractivity contribution in [3.8, 4) is 11.5 Å². The van der Waals surface area contributed by atoms with Gasteiger partial charge in [0.15, 0.2) is 11.5 Å². The minimum Gasteiger partial charge on any atom is -0.493 e. The number of hydrogen-bond donors (Lipinski definition) is 2. The van der Waals surface area contributed by atoms with Crippen LogP contribution in [0.5, 0.6) is 11.5 Å². The number of anilines is 1. The van der Waals surface area contributed by atoms with Crippen LogP contribution in [0.4, 0.5) is 5.69 Å². The summed E-state index contributed by atoms with van der Waals surface area (Å²) < 4.78 is 39.3. The number of halogens is 1. The van der Waals surface area contributed by atoms with E-state index in [9.17, 15) is 13.2 Å². The quantitative estimate of drug-likeness (QED) is 0.471. The standard InChI is InChI=1S/C24H25ClN2O5S/c1-16-13-18(25)9-11-20(16)26-24(28)21(14-17-7-5-4-6-8-17)27-33(29,30)19-10-12-22(31-2)23(15-19)32-3/h4-13,15,21,27H,14H2,1-3H3,(H,26,28)/t21-/m0/s1. The van der Waals surface area contributed by atoms with E-state index in [4.69, 9.17) is 21.1 Å². The number of rotatable bonds is 9. The first-order valence-corrected chi connectivity index (χ1v) is 11.9. The molecule has 33 heavy (non-hydrogen) atoms. The SMILES string of the molecule is COc1ccc(S(=O)(=O)N[C@@H](Cc2ccccc2)C(=O)Nc2ccc(Cl)cc2C)cc1OC. The van der Waals surface area contributed by atoms with Gasteiger partial charge in [0.05, 0.1) is 19.1 Å². The lowest BCUT2D eigenvalue weighted by atomic mass is 10.1. The second-order valence-corrected chi connectivity index (χ2v) is 9.48. The smallest absolute Gasteiger partial charge is 0.242 e. The summed E-state index contributed by atoms with van der Waals surface area (Å²) in [4.78, 5) is 13.1. The molecule has 0 radical (unpaired) electrons. The Morgan fingerprint density at radius 2 is 1.67 bits per heavy atom. The second-order valence-electron chi connectivity index (χ2n) is 7.33. The van der Waals surface area contributed by atoms with Gasteiger partial charge in [-0.3, -0.25) is 4.79 Å². The normalized spacial score (nSPS) is 12.1. The van der Waals surface area contributed by atoms with Crippen molar-refractivity contribution in [1.29, 1.82) is 0 Å². The Bertz CT molecular complexity index is 1230. The number of nitrogens with one attached hydrogen (secondary N) is 2. The monoisotopic (exact) mass is 488 g/mol. The first-order chi connectivity index (χ1) is 15.7. The number of carbonyl (C=O) groups excluding carboxylic acids is 1. The fourth-order valence-electron chi connectivity index (χ4n) is 3.26. The zero-order valence-electron chi connectivity index (χ0n) is 18.5. The second kappa shape index (κ2) is 10.7. The van der Waals surface area contributed by atoms with Crippen LogP contribution in [0.15, 0.2) is 71.6 Å². The zero-order chi connectivity index (χ0) is 24.0. The fourth-order valence-corrected chi connectivity index (χ4v) is 4.70. The van der Waals surface area contributed by atoms with Crippen LogP contribution in [-0.4, -0.2) is 34.6 Å². The third-order valence-electron chi connectivity index (χ3n) is 5.01. The summed E-state index contributed by atoms with van der Waals surface area (Å²) in [6.07, 6.45) is 0.159. The van der Waals surface area contributed by atoms with Gasteiger partial charge in [0.2, 0.25) is 15.9 Å². The van der Waals surface area contributed by atoms with Crippen molar-refractivity contribution in [3.05, 3.63) is 82.9 Å². The van der Waals surface area contributed by atoms with Gasteiger partial charge in [-0.05, 0) is 54.8 Å².